The van der Waals surface area contributed by atoms with Gasteiger partial charge < -0.3 is 4.74 Å². The maximum absolute atomic E-state index is 12.1. The number of hydrogen-bond acceptors (Lipinski definition) is 5. The van der Waals surface area contributed by atoms with Crippen LogP contribution in [0, 0.1) is 0 Å². The molecule has 23 heavy (non-hydrogen) atoms. The molecular weight excluding hydrogens is 328 g/mol. The lowest BCUT2D eigenvalue weighted by Crippen LogP contribution is -2.06. The van der Waals surface area contributed by atoms with Crippen molar-refractivity contribution in [1.29, 1.82) is 0 Å². The summed E-state index contributed by atoms with van der Waals surface area (Å²) in [7, 11) is 0. The summed E-state index contributed by atoms with van der Waals surface area (Å²) in [6, 6.07) is 13.9. The third-order valence-corrected chi connectivity index (χ3v) is 4.70. The summed E-state index contributed by atoms with van der Waals surface area (Å²) in [6.07, 6.45) is 3.33. The molecule has 3 aromatic rings. The van der Waals surface area contributed by atoms with E-state index in [1.807, 2.05) is 22.9 Å². The number of esters is 1. The number of ether oxygens (including phenoxy) is 1. The van der Waals surface area contributed by atoms with Gasteiger partial charge in [-0.25, -0.2) is 4.79 Å². The van der Waals surface area contributed by atoms with Crippen LogP contribution in [0.15, 0.2) is 65.4 Å². The van der Waals surface area contributed by atoms with Gasteiger partial charge in [0.1, 0.15) is 10.6 Å². The summed E-state index contributed by atoms with van der Waals surface area (Å²) >= 11 is 2.90. The zero-order chi connectivity index (χ0) is 16.1. The molecule has 0 fully saturated rings. The van der Waals surface area contributed by atoms with Crippen molar-refractivity contribution in [1.82, 2.24) is 0 Å². The highest BCUT2D eigenvalue weighted by molar-refractivity contribution is 7.12. The molecule has 0 saturated carbocycles. The fraction of sp³-hybridized carbons (Fsp3) is 0. The van der Waals surface area contributed by atoms with Crippen molar-refractivity contribution in [3.8, 4) is 5.75 Å². The molecule has 3 nitrogen and oxygen atoms in total. The topological polar surface area (TPSA) is 43.4 Å². The Hall–Kier alpha value is -2.50. The largest absolute Gasteiger partial charge is 0.422 e. The molecule has 0 radical (unpaired) electrons. The molecule has 0 aliphatic rings. The number of allylic oxidation sites excluding steroid dienone is 1. The van der Waals surface area contributed by atoms with Crippen LogP contribution in [0.25, 0.3) is 6.08 Å². The maximum Gasteiger partial charge on any atom is 0.353 e. The summed E-state index contributed by atoms with van der Waals surface area (Å²) in [4.78, 5) is 25.5. The minimum absolute atomic E-state index is 0.0884. The zero-order valence-corrected chi connectivity index (χ0v) is 13.6. The Labute approximate surface area is 141 Å². The van der Waals surface area contributed by atoms with Gasteiger partial charge in [0, 0.05) is 10.4 Å². The Morgan fingerprint density at radius 3 is 2.30 bits per heavy atom. The van der Waals surface area contributed by atoms with Crippen LogP contribution < -0.4 is 4.74 Å². The van der Waals surface area contributed by atoms with Gasteiger partial charge in [-0.1, -0.05) is 12.1 Å². The first-order valence-corrected chi connectivity index (χ1v) is 8.60. The Bertz CT molecular complexity index is 814. The Morgan fingerprint density at radius 2 is 1.65 bits per heavy atom. The summed E-state index contributed by atoms with van der Waals surface area (Å²) in [5.74, 6) is -0.0617. The second-order valence-corrected chi connectivity index (χ2v) is 6.53. The summed E-state index contributed by atoms with van der Waals surface area (Å²) in [6.45, 7) is 0. The van der Waals surface area contributed by atoms with Gasteiger partial charge in [0.2, 0.25) is 0 Å². The van der Waals surface area contributed by atoms with Gasteiger partial charge in [-0.3, -0.25) is 4.79 Å². The summed E-state index contributed by atoms with van der Waals surface area (Å²) in [5.41, 5.74) is 0.550. The molecule has 0 aliphatic heterocycles. The second kappa shape index (κ2) is 7.17. The van der Waals surface area contributed by atoms with E-state index in [0.717, 1.165) is 4.88 Å². The fourth-order valence-corrected chi connectivity index (χ4v) is 3.10. The number of benzene rings is 1. The van der Waals surface area contributed by atoms with Crippen LogP contribution >= 0.6 is 22.7 Å². The lowest BCUT2D eigenvalue weighted by atomic mass is 10.1. The number of carbonyl (C=O) groups excluding carboxylic acids is 2. The zero-order valence-electron chi connectivity index (χ0n) is 12.0. The number of rotatable bonds is 5. The van der Waals surface area contributed by atoms with E-state index in [-0.39, 0.29) is 5.78 Å². The van der Waals surface area contributed by atoms with Crippen LogP contribution in [0.5, 0.6) is 5.75 Å². The highest BCUT2D eigenvalue weighted by atomic mass is 32.1. The Balaban J connectivity index is 1.65. The van der Waals surface area contributed by atoms with Crippen LogP contribution in [0.2, 0.25) is 0 Å². The smallest absolute Gasteiger partial charge is 0.353 e. The van der Waals surface area contributed by atoms with E-state index < -0.39 is 5.97 Å². The number of carbonyl (C=O) groups is 2. The number of hydrogen-bond donors (Lipinski definition) is 0. The van der Waals surface area contributed by atoms with E-state index >= 15 is 0 Å². The van der Waals surface area contributed by atoms with E-state index in [9.17, 15) is 9.59 Å². The maximum atomic E-state index is 12.1. The number of ketones is 1. The minimum atomic E-state index is -0.392. The van der Waals surface area contributed by atoms with Crippen molar-refractivity contribution >= 4 is 40.5 Å². The minimum Gasteiger partial charge on any atom is -0.422 e. The van der Waals surface area contributed by atoms with Crippen LogP contribution in [-0.4, -0.2) is 11.8 Å². The van der Waals surface area contributed by atoms with Gasteiger partial charge >= 0.3 is 5.97 Å². The van der Waals surface area contributed by atoms with Gasteiger partial charge in [-0.05, 0) is 59.3 Å². The molecule has 0 aliphatic carbocycles. The molecule has 0 amide bonds. The lowest BCUT2D eigenvalue weighted by Gasteiger charge is -2.03. The molecule has 0 bridgehead atoms. The summed E-state index contributed by atoms with van der Waals surface area (Å²) in [5, 5.41) is 3.78. The first kappa shape index (κ1) is 15.4. The Morgan fingerprint density at radius 1 is 0.913 bits per heavy atom. The van der Waals surface area contributed by atoms with Gasteiger partial charge in [0.05, 0.1) is 0 Å². The predicted octanol–water partition coefficient (Wildman–Crippen LogP) is 4.92. The van der Waals surface area contributed by atoms with Gasteiger partial charge in [-0.15, -0.1) is 22.7 Å². The van der Waals surface area contributed by atoms with E-state index in [1.54, 1.807) is 59.9 Å². The average molecular weight is 340 g/mol. The van der Waals surface area contributed by atoms with E-state index in [1.165, 1.54) is 11.3 Å². The van der Waals surface area contributed by atoms with Crippen molar-refractivity contribution in [3.05, 3.63) is 80.7 Å². The van der Waals surface area contributed by atoms with Crippen LogP contribution in [0.4, 0.5) is 0 Å². The van der Waals surface area contributed by atoms with Crippen molar-refractivity contribution in [2.45, 2.75) is 0 Å². The molecule has 0 unspecified atom stereocenters. The third-order valence-electron chi connectivity index (χ3n) is 3.01. The normalized spacial score (nSPS) is 10.8. The molecule has 0 atom stereocenters. The predicted molar refractivity (Wildman–Crippen MR) is 93.4 cm³/mol. The molecule has 2 heterocycles. The molecule has 5 heteroatoms. The Kier molecular flexibility index (Phi) is 4.80. The molecule has 1 aromatic carbocycles. The monoisotopic (exact) mass is 340 g/mol. The third kappa shape index (κ3) is 4.03. The highest BCUT2D eigenvalue weighted by Crippen LogP contribution is 2.17. The van der Waals surface area contributed by atoms with Crippen molar-refractivity contribution in [2.75, 3.05) is 0 Å². The fourth-order valence-electron chi connectivity index (χ4n) is 1.88. The first-order valence-electron chi connectivity index (χ1n) is 6.84. The highest BCUT2D eigenvalue weighted by Gasteiger charge is 2.10. The average Bonchev–Trinajstić information content (AvgIpc) is 3.26. The van der Waals surface area contributed by atoms with E-state index in [2.05, 4.69) is 0 Å². The molecule has 2 aromatic heterocycles. The number of thiophene rings is 2. The van der Waals surface area contributed by atoms with Crippen molar-refractivity contribution < 1.29 is 14.3 Å². The first-order chi connectivity index (χ1) is 11.2. The molecular formula is C18H12O3S2. The van der Waals surface area contributed by atoms with Gasteiger partial charge in [0.25, 0.3) is 0 Å². The SMILES string of the molecule is O=C(/C=C\c1cccs1)c1ccc(OC(=O)c2cccs2)cc1. The molecule has 3 rings (SSSR count). The van der Waals surface area contributed by atoms with Crippen LogP contribution in [0.1, 0.15) is 24.9 Å². The lowest BCUT2D eigenvalue weighted by molar-refractivity contribution is 0.0740. The van der Waals surface area contributed by atoms with Crippen LogP contribution in [0.3, 0.4) is 0 Å². The van der Waals surface area contributed by atoms with E-state index in [4.69, 9.17) is 4.74 Å². The standard InChI is InChI=1S/C18H12O3S2/c19-16(10-9-15-3-1-11-22-15)13-5-7-14(8-6-13)21-18(20)17-4-2-12-23-17/h1-12H/b10-9-. The van der Waals surface area contributed by atoms with Gasteiger partial charge in [0.15, 0.2) is 5.78 Å². The van der Waals surface area contributed by atoms with Crippen LogP contribution in [-0.2, 0) is 0 Å². The quantitative estimate of drug-likeness (QED) is 0.286. The van der Waals surface area contributed by atoms with E-state index in [0.29, 0.717) is 16.2 Å². The summed E-state index contributed by atoms with van der Waals surface area (Å²) < 4.78 is 5.26. The van der Waals surface area contributed by atoms with Crippen molar-refractivity contribution in [2.24, 2.45) is 0 Å². The van der Waals surface area contributed by atoms with Gasteiger partial charge in [-0.2, -0.15) is 0 Å². The second-order valence-electron chi connectivity index (χ2n) is 4.60. The molecule has 0 N–H and O–H groups in total. The van der Waals surface area contributed by atoms with Crippen molar-refractivity contribution in [3.63, 3.8) is 0 Å². The molecule has 114 valence electrons. The molecule has 0 saturated heterocycles. The molecule has 0 spiro atoms.